The fourth-order valence-corrected chi connectivity index (χ4v) is 5.22. The number of carbonyl (C=O) groups excluding carboxylic acids is 2. The first kappa shape index (κ1) is 31.9. The molecule has 1 aliphatic heterocycles. The molecule has 2 amide bonds. The van der Waals surface area contributed by atoms with Gasteiger partial charge in [0.2, 0.25) is 5.13 Å². The van der Waals surface area contributed by atoms with E-state index >= 15 is 0 Å². The molecule has 0 bridgehead atoms. The van der Waals surface area contributed by atoms with E-state index in [2.05, 4.69) is 40.9 Å². The van der Waals surface area contributed by atoms with Crippen LogP contribution in [-0.4, -0.2) is 82.0 Å². The highest BCUT2D eigenvalue weighted by atomic mass is 79.9. The van der Waals surface area contributed by atoms with Crippen molar-refractivity contribution >= 4 is 62.0 Å². The van der Waals surface area contributed by atoms with Crippen LogP contribution in [0.3, 0.4) is 0 Å². The van der Waals surface area contributed by atoms with Crippen molar-refractivity contribution in [2.75, 3.05) is 45.6 Å². The van der Waals surface area contributed by atoms with E-state index in [9.17, 15) is 9.59 Å². The van der Waals surface area contributed by atoms with Gasteiger partial charge in [0.05, 0.1) is 9.50 Å². The summed E-state index contributed by atoms with van der Waals surface area (Å²) in [4.78, 5) is 37.8. The van der Waals surface area contributed by atoms with Crippen molar-refractivity contribution in [3.63, 3.8) is 0 Å². The number of carbonyl (C=O) groups is 2. The minimum atomic E-state index is -0.518. The molecule has 0 unspecified atom stereocenters. The Morgan fingerprint density at radius 3 is 2.62 bits per heavy atom. The molecule has 11 nitrogen and oxygen atoms in total. The maximum absolute atomic E-state index is 12.6. The molecule has 226 valence electrons. The number of hydrogen-bond donors (Lipinski definition) is 2. The van der Waals surface area contributed by atoms with Gasteiger partial charge in [0.1, 0.15) is 28.7 Å². The SMILES string of the molecule is CN(C)CCNC(=O)c1ccc(Cl)c(Oc2cc(Nc3nc(C4CCN(C(=O)OC(C)(C)C)CC4)ns3)ncc2Br)c1. The summed E-state index contributed by atoms with van der Waals surface area (Å²) in [5, 5.41) is 7.04. The number of nitrogens with zero attached hydrogens (tertiary/aromatic N) is 5. The summed E-state index contributed by atoms with van der Waals surface area (Å²) in [5.74, 6) is 1.99. The number of pyridine rings is 1. The highest BCUT2D eigenvalue weighted by Crippen LogP contribution is 2.36. The largest absolute Gasteiger partial charge is 0.454 e. The van der Waals surface area contributed by atoms with E-state index in [1.807, 2.05) is 39.8 Å². The van der Waals surface area contributed by atoms with Gasteiger partial charge in [-0.1, -0.05) is 11.6 Å². The first-order valence-electron chi connectivity index (χ1n) is 13.5. The van der Waals surface area contributed by atoms with E-state index in [1.165, 1.54) is 11.5 Å². The molecular formula is C28H35BrClN7O4S. The summed E-state index contributed by atoms with van der Waals surface area (Å²) in [5.41, 5.74) is -0.0787. The summed E-state index contributed by atoms with van der Waals surface area (Å²) in [6, 6.07) is 6.61. The Hall–Kier alpha value is -3.00. The molecule has 1 aromatic carbocycles. The molecule has 0 atom stereocenters. The van der Waals surface area contributed by atoms with Crippen molar-refractivity contribution in [3.8, 4) is 11.5 Å². The van der Waals surface area contributed by atoms with Crippen LogP contribution in [0.25, 0.3) is 0 Å². The standard InChI is InChI=1S/C28H35BrClN7O4S/c1-28(2,3)41-27(39)37-11-8-17(9-12-37)24-34-26(42-35-24)33-23-15-21(19(29)16-32-23)40-22-14-18(6-7-20(22)30)25(38)31-10-13-36(4)5/h6-7,14-17H,8-13H2,1-5H3,(H,31,38)(H,32,33,34,35). The quantitative estimate of drug-likeness (QED) is 0.269. The third-order valence-corrected chi connectivity index (χ3v) is 7.82. The van der Waals surface area contributed by atoms with E-state index in [4.69, 9.17) is 21.1 Å². The van der Waals surface area contributed by atoms with Gasteiger partial charge in [-0.05, 0) is 81.8 Å². The number of hydrogen-bond acceptors (Lipinski definition) is 10. The molecule has 1 fully saturated rings. The van der Waals surface area contributed by atoms with Gasteiger partial charge in [0.15, 0.2) is 0 Å². The maximum Gasteiger partial charge on any atom is 0.410 e. The molecule has 1 saturated heterocycles. The molecule has 3 heterocycles. The fourth-order valence-electron chi connectivity index (χ4n) is 4.11. The molecule has 0 spiro atoms. The topological polar surface area (TPSA) is 122 Å². The minimum absolute atomic E-state index is 0.154. The lowest BCUT2D eigenvalue weighted by atomic mass is 9.96. The van der Waals surface area contributed by atoms with Crippen molar-refractivity contribution in [3.05, 3.63) is 51.3 Å². The smallest absolute Gasteiger partial charge is 0.410 e. The molecule has 42 heavy (non-hydrogen) atoms. The van der Waals surface area contributed by atoms with Gasteiger partial charge in [-0.25, -0.2) is 14.8 Å². The highest BCUT2D eigenvalue weighted by molar-refractivity contribution is 9.10. The summed E-state index contributed by atoms with van der Waals surface area (Å²) in [6.45, 7) is 8.03. The number of amides is 2. The van der Waals surface area contributed by atoms with E-state index in [0.29, 0.717) is 57.1 Å². The molecule has 2 N–H and O–H groups in total. The zero-order chi connectivity index (χ0) is 30.4. The minimum Gasteiger partial charge on any atom is -0.454 e. The number of piperidine rings is 1. The van der Waals surface area contributed by atoms with Crippen LogP contribution in [0.1, 0.15) is 55.7 Å². The van der Waals surface area contributed by atoms with Crippen LogP contribution >= 0.6 is 39.1 Å². The number of anilines is 2. The third-order valence-electron chi connectivity index (χ3n) is 6.27. The number of aromatic nitrogens is 3. The van der Waals surface area contributed by atoms with E-state index in [1.54, 1.807) is 35.4 Å². The van der Waals surface area contributed by atoms with Crippen molar-refractivity contribution in [1.29, 1.82) is 0 Å². The first-order valence-corrected chi connectivity index (χ1v) is 15.5. The molecule has 0 radical (unpaired) electrons. The Balaban J connectivity index is 1.38. The predicted octanol–water partition coefficient (Wildman–Crippen LogP) is 6.29. The zero-order valence-electron chi connectivity index (χ0n) is 24.2. The van der Waals surface area contributed by atoms with Crippen LogP contribution in [0.15, 0.2) is 34.9 Å². The van der Waals surface area contributed by atoms with Crippen molar-refractivity contribution in [1.82, 2.24) is 29.5 Å². The van der Waals surface area contributed by atoms with Crippen LogP contribution in [0.5, 0.6) is 11.5 Å². The molecule has 2 aromatic heterocycles. The summed E-state index contributed by atoms with van der Waals surface area (Å²) < 4.78 is 16.7. The Labute approximate surface area is 263 Å². The Morgan fingerprint density at radius 1 is 1.19 bits per heavy atom. The summed E-state index contributed by atoms with van der Waals surface area (Å²) in [6.07, 6.45) is 2.84. The van der Waals surface area contributed by atoms with Crippen molar-refractivity contribution in [2.45, 2.75) is 45.1 Å². The van der Waals surface area contributed by atoms with Gasteiger partial charge in [-0.15, -0.1) is 0 Å². The Morgan fingerprint density at radius 2 is 1.93 bits per heavy atom. The molecule has 14 heteroatoms. The summed E-state index contributed by atoms with van der Waals surface area (Å²) in [7, 11) is 3.89. The number of rotatable bonds is 9. The number of halogens is 2. The van der Waals surface area contributed by atoms with E-state index < -0.39 is 5.60 Å². The van der Waals surface area contributed by atoms with Gasteiger partial charge in [0, 0.05) is 61.5 Å². The van der Waals surface area contributed by atoms with Crippen LogP contribution in [-0.2, 0) is 4.74 Å². The number of benzene rings is 1. The lowest BCUT2D eigenvalue weighted by Crippen LogP contribution is -2.41. The number of likely N-dealkylation sites (N-methyl/N-ethyl adjacent to an activating group) is 1. The van der Waals surface area contributed by atoms with Crippen LogP contribution < -0.4 is 15.4 Å². The zero-order valence-corrected chi connectivity index (χ0v) is 27.4. The predicted molar refractivity (Wildman–Crippen MR) is 167 cm³/mol. The molecule has 0 aliphatic carbocycles. The molecule has 4 rings (SSSR count). The number of nitrogens with one attached hydrogen (secondary N) is 2. The monoisotopic (exact) mass is 679 g/mol. The fraction of sp³-hybridized carbons (Fsp3) is 0.464. The Bertz CT molecular complexity index is 1410. The maximum atomic E-state index is 12.6. The molecule has 3 aromatic rings. The van der Waals surface area contributed by atoms with Crippen molar-refractivity contribution in [2.24, 2.45) is 0 Å². The first-order chi connectivity index (χ1) is 19.9. The lowest BCUT2D eigenvalue weighted by Gasteiger charge is -2.32. The lowest BCUT2D eigenvalue weighted by molar-refractivity contribution is 0.0203. The highest BCUT2D eigenvalue weighted by Gasteiger charge is 2.29. The molecule has 0 saturated carbocycles. The second-order valence-electron chi connectivity index (χ2n) is 11.1. The second-order valence-corrected chi connectivity index (χ2v) is 13.1. The molecular weight excluding hydrogens is 646 g/mol. The van der Waals surface area contributed by atoms with E-state index in [-0.39, 0.29) is 17.9 Å². The summed E-state index contributed by atoms with van der Waals surface area (Å²) >= 11 is 11.1. The normalized spacial score (nSPS) is 14.1. The van der Waals surface area contributed by atoms with Gasteiger partial charge < -0.3 is 29.9 Å². The number of ether oxygens (including phenoxy) is 2. The van der Waals surface area contributed by atoms with Gasteiger partial charge in [-0.2, -0.15) is 4.37 Å². The number of likely N-dealkylation sites (tertiary alicyclic amines) is 1. The Kier molecular flexibility index (Phi) is 10.6. The van der Waals surface area contributed by atoms with Gasteiger partial charge in [0.25, 0.3) is 5.91 Å². The second kappa shape index (κ2) is 14.0. The average Bonchev–Trinajstić information content (AvgIpc) is 3.39. The van der Waals surface area contributed by atoms with Crippen molar-refractivity contribution < 1.29 is 19.1 Å². The average molecular weight is 681 g/mol. The van der Waals surface area contributed by atoms with Crippen LogP contribution in [0.4, 0.5) is 15.7 Å². The van der Waals surface area contributed by atoms with Crippen LogP contribution in [0.2, 0.25) is 5.02 Å². The molecule has 1 aliphatic rings. The van der Waals surface area contributed by atoms with Gasteiger partial charge >= 0.3 is 6.09 Å². The van der Waals surface area contributed by atoms with Gasteiger partial charge in [-0.3, -0.25) is 4.79 Å². The van der Waals surface area contributed by atoms with E-state index in [0.717, 1.165) is 25.2 Å². The van der Waals surface area contributed by atoms with Crippen LogP contribution in [0, 0.1) is 0 Å². The third kappa shape index (κ3) is 9.00.